The lowest BCUT2D eigenvalue weighted by Gasteiger charge is -2.26. The monoisotopic (exact) mass is 403 g/mol. The van der Waals surface area contributed by atoms with Gasteiger partial charge in [0.1, 0.15) is 0 Å². The lowest BCUT2D eigenvalue weighted by Crippen LogP contribution is -1.86. The van der Waals surface area contributed by atoms with Gasteiger partial charge in [-0.25, -0.2) is 0 Å². The van der Waals surface area contributed by atoms with E-state index in [1.807, 2.05) is 0 Å². The van der Waals surface area contributed by atoms with Gasteiger partial charge in [-0.3, -0.25) is 20.2 Å². The van der Waals surface area contributed by atoms with Crippen molar-refractivity contribution in [3.05, 3.63) is 68.8 Å². The van der Waals surface area contributed by atoms with E-state index in [1.54, 1.807) is 24.3 Å². The van der Waals surface area contributed by atoms with Gasteiger partial charge >= 0.3 is 0 Å². The number of nitro groups is 2. The molecule has 2 rings (SSSR count). The number of nitrogens with zero attached hydrogens (tertiary/aromatic N) is 2. The molecule has 0 atom stereocenters. The van der Waals surface area contributed by atoms with Gasteiger partial charge in [0, 0.05) is 34.1 Å². The quantitative estimate of drug-likeness (QED) is 0.283. The molecule has 2 aromatic rings. The van der Waals surface area contributed by atoms with Crippen LogP contribution in [-0.2, 0) is 24.1 Å². The summed E-state index contributed by atoms with van der Waals surface area (Å²) in [5.74, 6) is 0. The molecule has 0 saturated carbocycles. The minimum absolute atomic E-state index is 0.00930. The van der Waals surface area contributed by atoms with Crippen molar-refractivity contribution in [1.29, 1.82) is 0 Å². The summed E-state index contributed by atoms with van der Waals surface area (Å²) in [6.07, 6.45) is 0. The third-order valence-electron chi connectivity index (χ3n) is 2.53. The Kier molecular flexibility index (Phi) is 6.10. The Balaban J connectivity index is 2.07. The standard InChI is InChI=1S/C12H9N2O4PS4/c15-13(16)9-1-5-11(6-2-9)22-19(20,21)23-12-7-3-10(4-8-12)14(17)18/h1-8H,(H,20,21)/p-1. The molecule has 0 amide bonds. The van der Waals surface area contributed by atoms with Crippen molar-refractivity contribution >= 4 is 61.8 Å². The SMILES string of the molecule is O=[N+]([O-])c1ccc(SP(=S)([S-])Sc2ccc([N+](=O)[O-])cc2)cc1. The second kappa shape index (κ2) is 7.67. The fourth-order valence-electron chi connectivity index (χ4n) is 1.53. The van der Waals surface area contributed by atoms with Crippen molar-refractivity contribution in [1.82, 2.24) is 0 Å². The summed E-state index contributed by atoms with van der Waals surface area (Å²) in [6, 6.07) is 12.1. The first-order chi connectivity index (χ1) is 10.8. The van der Waals surface area contributed by atoms with Crippen LogP contribution in [0.15, 0.2) is 58.3 Å². The molecule has 0 bridgehead atoms. The maximum Gasteiger partial charge on any atom is 0.269 e. The predicted octanol–water partition coefficient (Wildman–Crippen LogP) is 5.16. The highest BCUT2D eigenvalue weighted by atomic mass is 33.5. The molecule has 6 nitrogen and oxygen atoms in total. The van der Waals surface area contributed by atoms with Crippen LogP contribution in [0.1, 0.15) is 0 Å². The van der Waals surface area contributed by atoms with Gasteiger partial charge in [0.2, 0.25) is 0 Å². The maximum atomic E-state index is 10.6. The number of benzene rings is 2. The molecule has 0 aliphatic carbocycles. The number of hydrogen-bond acceptors (Lipinski definition) is 8. The summed E-state index contributed by atoms with van der Waals surface area (Å²) in [5.41, 5.74) is 0.0186. The van der Waals surface area contributed by atoms with Gasteiger partial charge in [0.15, 0.2) is 0 Å². The topological polar surface area (TPSA) is 86.3 Å². The molecular formula is C12H8N2O4PS4-. The molecule has 0 spiro atoms. The van der Waals surface area contributed by atoms with Gasteiger partial charge in [-0.2, -0.15) is 0 Å². The lowest BCUT2D eigenvalue weighted by atomic mass is 10.3. The summed E-state index contributed by atoms with van der Waals surface area (Å²) < 4.78 is -2.30. The van der Waals surface area contributed by atoms with Crippen LogP contribution in [0.25, 0.3) is 0 Å². The van der Waals surface area contributed by atoms with Crippen LogP contribution in [0.3, 0.4) is 0 Å². The molecular weight excluding hydrogens is 395 g/mol. The smallest absolute Gasteiger partial charge is 0.269 e. The minimum atomic E-state index is -2.30. The van der Waals surface area contributed by atoms with Crippen LogP contribution in [0.4, 0.5) is 11.4 Å². The molecule has 120 valence electrons. The molecule has 0 aliphatic heterocycles. The first-order valence-corrected chi connectivity index (χ1v) is 12.6. The Labute approximate surface area is 150 Å². The molecule has 0 unspecified atom stereocenters. The van der Waals surface area contributed by atoms with E-state index in [-0.39, 0.29) is 11.4 Å². The molecule has 0 aliphatic rings. The molecule has 0 radical (unpaired) electrons. The van der Waals surface area contributed by atoms with Crippen LogP contribution < -0.4 is 0 Å². The average molecular weight is 403 g/mol. The Morgan fingerprint density at radius 1 is 0.826 bits per heavy atom. The van der Waals surface area contributed by atoms with Gasteiger partial charge in [0.05, 0.1) is 9.85 Å². The zero-order chi connectivity index (χ0) is 17.0. The first kappa shape index (κ1) is 18.3. The largest absolute Gasteiger partial charge is 0.725 e. The summed E-state index contributed by atoms with van der Waals surface area (Å²) >= 11 is 13.6. The predicted molar refractivity (Wildman–Crippen MR) is 99.6 cm³/mol. The van der Waals surface area contributed by atoms with E-state index in [0.29, 0.717) is 0 Å². The molecule has 0 N–H and O–H groups in total. The molecule has 2 aromatic carbocycles. The van der Waals surface area contributed by atoms with Crippen molar-refractivity contribution in [3.63, 3.8) is 0 Å². The van der Waals surface area contributed by atoms with Gasteiger partial charge < -0.3 is 12.2 Å². The van der Waals surface area contributed by atoms with Gasteiger partial charge in [0.25, 0.3) is 11.4 Å². The summed E-state index contributed by atoms with van der Waals surface area (Å²) in [5, 5.41) is 21.3. The first-order valence-electron chi connectivity index (χ1n) is 5.96. The van der Waals surface area contributed by atoms with E-state index in [2.05, 4.69) is 0 Å². The molecule has 11 heteroatoms. The van der Waals surface area contributed by atoms with E-state index < -0.39 is 13.5 Å². The Hall–Kier alpha value is -1.06. The average Bonchev–Trinajstić information content (AvgIpc) is 2.47. The van der Waals surface area contributed by atoms with Gasteiger partial charge in [-0.05, 0) is 24.3 Å². The Morgan fingerprint density at radius 2 is 1.13 bits per heavy atom. The number of rotatable bonds is 6. The summed E-state index contributed by atoms with van der Waals surface area (Å²) in [7, 11) is 0. The van der Waals surface area contributed by atoms with E-state index in [1.165, 1.54) is 47.0 Å². The van der Waals surface area contributed by atoms with Crippen molar-refractivity contribution in [3.8, 4) is 0 Å². The number of nitro benzene ring substituents is 2. The fraction of sp³-hybridized carbons (Fsp3) is 0. The fourth-order valence-corrected chi connectivity index (χ4v) is 9.98. The van der Waals surface area contributed by atoms with Crippen molar-refractivity contribution in [2.45, 2.75) is 9.79 Å². The number of non-ortho nitro benzene ring substituents is 2. The maximum absolute atomic E-state index is 10.6. The van der Waals surface area contributed by atoms with Crippen molar-refractivity contribution in [2.75, 3.05) is 0 Å². The van der Waals surface area contributed by atoms with Crippen molar-refractivity contribution in [2.24, 2.45) is 0 Å². The van der Waals surface area contributed by atoms with Crippen LogP contribution in [0.5, 0.6) is 0 Å². The van der Waals surface area contributed by atoms with Crippen LogP contribution in [0, 0.1) is 20.2 Å². The van der Waals surface area contributed by atoms with Crippen LogP contribution in [0.2, 0.25) is 0 Å². The van der Waals surface area contributed by atoms with Crippen LogP contribution in [-0.4, -0.2) is 9.85 Å². The van der Waals surface area contributed by atoms with Gasteiger partial charge in [-0.15, -0.1) is 34.6 Å². The molecule has 0 aromatic heterocycles. The molecule has 0 saturated heterocycles. The summed E-state index contributed by atoms with van der Waals surface area (Å²) in [6.45, 7) is 0. The molecule has 23 heavy (non-hydrogen) atoms. The third kappa shape index (κ3) is 5.50. The third-order valence-corrected chi connectivity index (χ3v) is 10.6. The zero-order valence-electron chi connectivity index (χ0n) is 11.2. The highest BCUT2D eigenvalue weighted by Gasteiger charge is 2.11. The normalized spacial score (nSPS) is 11.2. The van der Waals surface area contributed by atoms with E-state index in [4.69, 9.17) is 24.1 Å². The molecule has 0 heterocycles. The Bertz CT molecular complexity index is 719. The van der Waals surface area contributed by atoms with E-state index in [9.17, 15) is 20.2 Å². The zero-order valence-corrected chi connectivity index (χ0v) is 15.4. The van der Waals surface area contributed by atoms with E-state index in [0.717, 1.165) is 9.79 Å². The number of hydrogen-bond donors (Lipinski definition) is 0. The second-order valence-corrected chi connectivity index (χ2v) is 18.2. The van der Waals surface area contributed by atoms with Crippen molar-refractivity contribution < 1.29 is 9.85 Å². The second-order valence-electron chi connectivity index (χ2n) is 4.13. The lowest BCUT2D eigenvalue weighted by molar-refractivity contribution is -0.385. The highest BCUT2D eigenvalue weighted by molar-refractivity contribution is 9.17. The van der Waals surface area contributed by atoms with E-state index >= 15 is 0 Å². The molecule has 0 fully saturated rings. The Morgan fingerprint density at radius 3 is 1.39 bits per heavy atom. The van der Waals surface area contributed by atoms with Crippen LogP contribution >= 0.6 is 26.4 Å². The summed E-state index contributed by atoms with van der Waals surface area (Å²) in [4.78, 5) is 21.9. The minimum Gasteiger partial charge on any atom is -0.725 e. The van der Waals surface area contributed by atoms with Gasteiger partial charge in [-0.1, -0.05) is 3.64 Å². The highest BCUT2D eigenvalue weighted by Crippen LogP contribution is 2.72.